The number of nitrogens with one attached hydrogen (secondary N) is 1. The maximum atomic E-state index is 10.8. The van der Waals surface area contributed by atoms with Gasteiger partial charge < -0.3 is 15.5 Å². The van der Waals surface area contributed by atoms with Crippen LogP contribution in [0.5, 0.6) is 0 Å². The lowest BCUT2D eigenvalue weighted by Crippen LogP contribution is -2.31. The number of carbonyl (C=O) groups is 2. The van der Waals surface area contributed by atoms with Gasteiger partial charge in [0.25, 0.3) is 0 Å². The minimum absolute atomic E-state index is 0.455. The lowest BCUT2D eigenvalue weighted by Gasteiger charge is -2.15. The molecular formula is C11H13NO4. The second-order valence-electron chi connectivity index (χ2n) is 3.45. The summed E-state index contributed by atoms with van der Waals surface area (Å²) >= 11 is 0. The molecule has 0 radical (unpaired) electrons. The Kier molecular flexibility index (Phi) is 3.88. The van der Waals surface area contributed by atoms with Gasteiger partial charge in [0.15, 0.2) is 0 Å². The van der Waals surface area contributed by atoms with Crippen molar-refractivity contribution >= 4 is 17.6 Å². The van der Waals surface area contributed by atoms with E-state index in [-0.39, 0.29) is 0 Å². The fourth-order valence-electron chi connectivity index (χ4n) is 1.30. The first kappa shape index (κ1) is 12.0. The quantitative estimate of drug-likeness (QED) is 0.701. The van der Waals surface area contributed by atoms with E-state index in [0.29, 0.717) is 5.69 Å². The smallest absolute Gasteiger partial charge is 0.326 e. The van der Waals surface area contributed by atoms with Crippen LogP contribution in [0.2, 0.25) is 0 Å². The van der Waals surface area contributed by atoms with Gasteiger partial charge in [-0.15, -0.1) is 0 Å². The summed E-state index contributed by atoms with van der Waals surface area (Å²) in [5.41, 5.74) is 1.51. The normalized spacial score (nSPS) is 11.8. The summed E-state index contributed by atoms with van der Waals surface area (Å²) in [6, 6.07) is 6.01. The van der Waals surface area contributed by atoms with Crippen molar-refractivity contribution < 1.29 is 19.8 Å². The van der Waals surface area contributed by atoms with Crippen LogP contribution in [0.4, 0.5) is 5.69 Å². The molecule has 1 atom stereocenters. The van der Waals surface area contributed by atoms with Gasteiger partial charge in [0, 0.05) is 5.69 Å². The van der Waals surface area contributed by atoms with Gasteiger partial charge in [-0.05, 0) is 18.6 Å². The fourth-order valence-corrected chi connectivity index (χ4v) is 1.30. The zero-order valence-corrected chi connectivity index (χ0v) is 8.80. The van der Waals surface area contributed by atoms with E-state index in [0.717, 1.165) is 5.56 Å². The van der Waals surface area contributed by atoms with Crippen molar-refractivity contribution in [3.63, 3.8) is 0 Å². The van der Waals surface area contributed by atoms with Crippen molar-refractivity contribution in [3.8, 4) is 0 Å². The highest BCUT2D eigenvalue weighted by atomic mass is 16.4. The van der Waals surface area contributed by atoms with Gasteiger partial charge in [0.1, 0.15) is 6.04 Å². The monoisotopic (exact) mass is 223 g/mol. The minimum Gasteiger partial charge on any atom is -0.481 e. The third-order valence-electron chi connectivity index (χ3n) is 2.15. The number of aliphatic carboxylic acids is 2. The summed E-state index contributed by atoms with van der Waals surface area (Å²) in [7, 11) is 0. The topological polar surface area (TPSA) is 86.6 Å². The van der Waals surface area contributed by atoms with E-state index in [2.05, 4.69) is 5.32 Å². The Labute approximate surface area is 92.7 Å². The number of carboxylic acids is 2. The molecule has 0 heterocycles. The molecule has 3 N–H and O–H groups in total. The number of aryl methyl sites for hydroxylation is 1. The van der Waals surface area contributed by atoms with Crippen molar-refractivity contribution in [1.82, 2.24) is 0 Å². The average molecular weight is 223 g/mol. The van der Waals surface area contributed by atoms with Gasteiger partial charge in [-0.3, -0.25) is 4.79 Å². The Morgan fingerprint density at radius 2 is 1.94 bits per heavy atom. The largest absolute Gasteiger partial charge is 0.481 e. The molecule has 1 rings (SSSR count). The second kappa shape index (κ2) is 5.16. The number of para-hydroxylation sites is 1. The highest BCUT2D eigenvalue weighted by molar-refractivity contribution is 5.83. The molecule has 5 nitrogen and oxygen atoms in total. The van der Waals surface area contributed by atoms with Crippen LogP contribution in [0.1, 0.15) is 12.0 Å². The van der Waals surface area contributed by atoms with E-state index < -0.39 is 24.4 Å². The number of hydrogen-bond donors (Lipinski definition) is 3. The molecule has 0 spiro atoms. The van der Waals surface area contributed by atoms with Crippen LogP contribution in [-0.2, 0) is 9.59 Å². The van der Waals surface area contributed by atoms with Crippen LogP contribution in [0, 0.1) is 6.92 Å². The number of benzene rings is 1. The molecule has 0 aliphatic rings. The number of carboxylic acid groups (broad SMARTS) is 2. The van der Waals surface area contributed by atoms with E-state index in [1.807, 2.05) is 19.1 Å². The molecule has 0 bridgehead atoms. The molecular weight excluding hydrogens is 210 g/mol. The molecule has 0 fully saturated rings. The molecule has 0 unspecified atom stereocenters. The SMILES string of the molecule is Cc1ccccc1N[C@H](CC(=O)O)C(=O)O. The average Bonchev–Trinajstić information content (AvgIpc) is 2.19. The summed E-state index contributed by atoms with van der Waals surface area (Å²) in [6.45, 7) is 1.82. The Morgan fingerprint density at radius 1 is 1.31 bits per heavy atom. The van der Waals surface area contributed by atoms with Gasteiger partial charge in [-0.25, -0.2) is 4.79 Å². The van der Waals surface area contributed by atoms with Gasteiger partial charge in [-0.2, -0.15) is 0 Å². The van der Waals surface area contributed by atoms with Gasteiger partial charge in [0.05, 0.1) is 6.42 Å². The maximum absolute atomic E-state index is 10.8. The third-order valence-corrected chi connectivity index (χ3v) is 2.15. The van der Waals surface area contributed by atoms with Crippen LogP contribution < -0.4 is 5.32 Å². The molecule has 16 heavy (non-hydrogen) atoms. The van der Waals surface area contributed by atoms with Crippen LogP contribution in [-0.4, -0.2) is 28.2 Å². The predicted molar refractivity (Wildman–Crippen MR) is 58.5 cm³/mol. The van der Waals surface area contributed by atoms with Gasteiger partial charge >= 0.3 is 11.9 Å². The molecule has 0 saturated carbocycles. The van der Waals surface area contributed by atoms with E-state index >= 15 is 0 Å². The lowest BCUT2D eigenvalue weighted by atomic mass is 10.1. The number of rotatable bonds is 5. The Balaban J connectivity index is 2.80. The predicted octanol–water partition coefficient (Wildman–Crippen LogP) is 1.33. The first-order chi connectivity index (χ1) is 7.50. The van der Waals surface area contributed by atoms with E-state index in [1.54, 1.807) is 12.1 Å². The first-order valence-corrected chi connectivity index (χ1v) is 4.77. The maximum Gasteiger partial charge on any atom is 0.326 e. The van der Waals surface area contributed by atoms with Crippen molar-refractivity contribution in [2.24, 2.45) is 0 Å². The van der Waals surface area contributed by atoms with Gasteiger partial charge in [0.2, 0.25) is 0 Å². The van der Waals surface area contributed by atoms with Crippen LogP contribution in [0.15, 0.2) is 24.3 Å². The Morgan fingerprint density at radius 3 is 2.44 bits per heavy atom. The van der Waals surface area contributed by atoms with Crippen LogP contribution >= 0.6 is 0 Å². The molecule has 0 aromatic heterocycles. The summed E-state index contributed by atoms with van der Waals surface area (Å²) in [5, 5.41) is 20.1. The Bertz CT molecular complexity index is 403. The van der Waals surface area contributed by atoms with Crippen LogP contribution in [0.25, 0.3) is 0 Å². The summed E-state index contributed by atoms with van der Waals surface area (Å²) < 4.78 is 0. The zero-order valence-electron chi connectivity index (χ0n) is 8.80. The zero-order chi connectivity index (χ0) is 12.1. The molecule has 0 amide bonds. The summed E-state index contributed by atoms with van der Waals surface area (Å²) in [6.07, 6.45) is -0.455. The molecule has 0 aliphatic heterocycles. The highest BCUT2D eigenvalue weighted by Crippen LogP contribution is 2.15. The molecule has 0 aliphatic carbocycles. The first-order valence-electron chi connectivity index (χ1n) is 4.77. The summed E-state index contributed by atoms with van der Waals surface area (Å²) in [5.74, 6) is -2.32. The minimum atomic E-state index is -1.18. The molecule has 1 aromatic carbocycles. The van der Waals surface area contributed by atoms with Gasteiger partial charge in [-0.1, -0.05) is 18.2 Å². The van der Waals surface area contributed by atoms with Crippen molar-refractivity contribution in [1.29, 1.82) is 0 Å². The lowest BCUT2D eigenvalue weighted by molar-refractivity contribution is -0.144. The van der Waals surface area contributed by atoms with Crippen molar-refractivity contribution in [3.05, 3.63) is 29.8 Å². The number of anilines is 1. The van der Waals surface area contributed by atoms with Crippen molar-refractivity contribution in [2.45, 2.75) is 19.4 Å². The van der Waals surface area contributed by atoms with E-state index in [4.69, 9.17) is 10.2 Å². The van der Waals surface area contributed by atoms with Crippen LogP contribution in [0.3, 0.4) is 0 Å². The molecule has 86 valence electrons. The third kappa shape index (κ3) is 3.27. The number of hydrogen-bond acceptors (Lipinski definition) is 3. The summed E-state index contributed by atoms with van der Waals surface area (Å²) in [4.78, 5) is 21.3. The molecule has 5 heteroatoms. The van der Waals surface area contributed by atoms with Crippen molar-refractivity contribution in [2.75, 3.05) is 5.32 Å². The van der Waals surface area contributed by atoms with E-state index in [1.165, 1.54) is 0 Å². The second-order valence-corrected chi connectivity index (χ2v) is 3.45. The molecule has 0 saturated heterocycles. The fraction of sp³-hybridized carbons (Fsp3) is 0.273. The molecule has 1 aromatic rings. The van der Waals surface area contributed by atoms with E-state index in [9.17, 15) is 9.59 Å². The Hall–Kier alpha value is -2.04. The standard InChI is InChI=1S/C11H13NO4/c1-7-4-2-3-5-8(7)12-9(11(15)16)6-10(13)14/h2-5,9,12H,6H2,1H3,(H,13,14)(H,15,16)/t9-/m1/s1. The highest BCUT2D eigenvalue weighted by Gasteiger charge is 2.20.